The molecule has 1 fully saturated rings. The second kappa shape index (κ2) is 8.79. The molecular weight excluding hydrogens is 399 g/mol. The standard InChI is InChI=1S/C18H16F3NO3S2/c1-24-14-8-10(18-26-6-7-27-18)2-5-13(14)25-9-15(23)22-12-4-3-11(19)16(20)17(12)21/h2-5,8,18H,6-7,9H2,1H3,(H,22,23). The molecule has 1 N–H and O–H groups in total. The smallest absolute Gasteiger partial charge is 0.262 e. The molecule has 1 aliphatic rings. The number of rotatable bonds is 6. The van der Waals surface area contributed by atoms with Crippen LogP contribution in [0.1, 0.15) is 10.1 Å². The minimum atomic E-state index is -1.64. The van der Waals surface area contributed by atoms with Crippen molar-refractivity contribution in [2.24, 2.45) is 0 Å². The van der Waals surface area contributed by atoms with E-state index in [2.05, 4.69) is 5.32 Å². The number of nitrogens with one attached hydrogen (secondary N) is 1. The molecule has 27 heavy (non-hydrogen) atoms. The molecule has 144 valence electrons. The van der Waals surface area contributed by atoms with E-state index in [4.69, 9.17) is 9.47 Å². The molecule has 0 bridgehead atoms. The van der Waals surface area contributed by atoms with Crippen LogP contribution in [0.15, 0.2) is 30.3 Å². The third kappa shape index (κ3) is 4.65. The zero-order valence-electron chi connectivity index (χ0n) is 14.3. The van der Waals surface area contributed by atoms with Gasteiger partial charge in [0.2, 0.25) is 0 Å². The van der Waals surface area contributed by atoms with Gasteiger partial charge >= 0.3 is 0 Å². The Bertz CT molecular complexity index is 845. The largest absolute Gasteiger partial charge is 0.493 e. The summed E-state index contributed by atoms with van der Waals surface area (Å²) in [6.07, 6.45) is 0. The summed E-state index contributed by atoms with van der Waals surface area (Å²) in [5, 5.41) is 2.15. The van der Waals surface area contributed by atoms with E-state index in [9.17, 15) is 18.0 Å². The topological polar surface area (TPSA) is 47.6 Å². The lowest BCUT2D eigenvalue weighted by molar-refractivity contribution is -0.118. The predicted octanol–water partition coefficient (Wildman–Crippen LogP) is 4.61. The molecule has 1 saturated heterocycles. The molecule has 1 heterocycles. The Morgan fingerprint density at radius 1 is 1.11 bits per heavy atom. The lowest BCUT2D eigenvalue weighted by Crippen LogP contribution is -2.21. The molecule has 2 aromatic carbocycles. The van der Waals surface area contributed by atoms with E-state index in [1.807, 2.05) is 35.7 Å². The van der Waals surface area contributed by atoms with Gasteiger partial charge in [-0.25, -0.2) is 13.2 Å². The molecule has 4 nitrogen and oxygen atoms in total. The molecule has 0 aromatic heterocycles. The van der Waals surface area contributed by atoms with Crippen LogP contribution in [0, 0.1) is 17.5 Å². The highest BCUT2D eigenvalue weighted by Crippen LogP contribution is 2.46. The van der Waals surface area contributed by atoms with Crippen LogP contribution in [0.25, 0.3) is 0 Å². The highest BCUT2D eigenvalue weighted by atomic mass is 32.2. The third-order valence-corrected chi connectivity index (χ3v) is 6.85. The summed E-state index contributed by atoms with van der Waals surface area (Å²) in [6.45, 7) is -0.443. The van der Waals surface area contributed by atoms with Crippen LogP contribution < -0.4 is 14.8 Å². The highest BCUT2D eigenvalue weighted by Gasteiger charge is 2.20. The van der Waals surface area contributed by atoms with Gasteiger partial charge in [0, 0.05) is 11.5 Å². The summed E-state index contributed by atoms with van der Waals surface area (Å²) in [5.74, 6) is -2.13. The Kier molecular flexibility index (Phi) is 6.43. The van der Waals surface area contributed by atoms with Crippen molar-refractivity contribution in [1.82, 2.24) is 0 Å². The van der Waals surface area contributed by atoms with Crippen molar-refractivity contribution in [1.29, 1.82) is 0 Å². The van der Waals surface area contributed by atoms with Crippen molar-refractivity contribution in [2.75, 3.05) is 30.5 Å². The number of halogens is 3. The maximum Gasteiger partial charge on any atom is 0.262 e. The first-order chi connectivity index (χ1) is 13.0. The molecule has 2 aromatic rings. The molecule has 0 atom stereocenters. The van der Waals surface area contributed by atoms with Crippen LogP contribution in [0.4, 0.5) is 18.9 Å². The first-order valence-corrected chi connectivity index (χ1v) is 10.1. The molecule has 9 heteroatoms. The fraction of sp³-hybridized carbons (Fsp3) is 0.278. The fourth-order valence-corrected chi connectivity index (χ4v) is 5.29. The first kappa shape index (κ1) is 19.8. The van der Waals surface area contributed by atoms with Crippen molar-refractivity contribution in [2.45, 2.75) is 4.58 Å². The van der Waals surface area contributed by atoms with Crippen LogP contribution in [-0.4, -0.2) is 31.1 Å². The van der Waals surface area contributed by atoms with E-state index >= 15 is 0 Å². The third-order valence-electron chi connectivity index (χ3n) is 3.75. The molecular formula is C18H16F3NO3S2. The number of methoxy groups -OCH3 is 1. The maximum atomic E-state index is 13.6. The monoisotopic (exact) mass is 415 g/mol. The Hall–Kier alpha value is -2.00. The van der Waals surface area contributed by atoms with Crippen molar-refractivity contribution in [3.05, 3.63) is 53.3 Å². The minimum Gasteiger partial charge on any atom is -0.493 e. The number of anilines is 1. The molecule has 0 saturated carbocycles. The molecule has 0 radical (unpaired) electrons. The SMILES string of the molecule is COc1cc(C2SCCS2)ccc1OCC(=O)Nc1ccc(F)c(F)c1F. The maximum absolute atomic E-state index is 13.6. The van der Waals surface area contributed by atoms with E-state index in [1.165, 1.54) is 7.11 Å². The van der Waals surface area contributed by atoms with Gasteiger partial charge in [-0.1, -0.05) is 6.07 Å². The molecule has 0 unspecified atom stereocenters. The van der Waals surface area contributed by atoms with Gasteiger partial charge in [0.15, 0.2) is 35.6 Å². The minimum absolute atomic E-state index is 0.340. The van der Waals surface area contributed by atoms with Gasteiger partial charge < -0.3 is 14.8 Å². The summed E-state index contributed by atoms with van der Waals surface area (Å²) in [5.41, 5.74) is 0.639. The Balaban J connectivity index is 1.64. The summed E-state index contributed by atoms with van der Waals surface area (Å²) < 4.78 is 50.8. The summed E-state index contributed by atoms with van der Waals surface area (Å²) >= 11 is 3.71. The Morgan fingerprint density at radius 2 is 1.85 bits per heavy atom. The van der Waals surface area contributed by atoms with Crippen molar-refractivity contribution in [3.8, 4) is 11.5 Å². The van der Waals surface area contributed by atoms with Crippen LogP contribution in [0.5, 0.6) is 11.5 Å². The number of hydrogen-bond donors (Lipinski definition) is 1. The molecule has 3 rings (SSSR count). The van der Waals surface area contributed by atoms with E-state index < -0.39 is 35.7 Å². The normalized spacial score (nSPS) is 14.2. The van der Waals surface area contributed by atoms with Gasteiger partial charge in [-0.2, -0.15) is 0 Å². The second-order valence-electron chi connectivity index (χ2n) is 5.54. The number of benzene rings is 2. The van der Waals surface area contributed by atoms with E-state index in [-0.39, 0.29) is 0 Å². The fourth-order valence-electron chi connectivity index (χ4n) is 2.45. The summed E-state index contributed by atoms with van der Waals surface area (Å²) in [6, 6.07) is 7.14. The number of hydrogen-bond acceptors (Lipinski definition) is 5. The van der Waals surface area contributed by atoms with Crippen LogP contribution in [0.3, 0.4) is 0 Å². The van der Waals surface area contributed by atoms with Gasteiger partial charge in [0.05, 0.1) is 17.4 Å². The van der Waals surface area contributed by atoms with Crippen molar-refractivity contribution in [3.63, 3.8) is 0 Å². The molecule has 1 aliphatic heterocycles. The Labute approximate surface area is 162 Å². The number of amides is 1. The van der Waals surface area contributed by atoms with Crippen LogP contribution in [0.2, 0.25) is 0 Å². The molecule has 0 aliphatic carbocycles. The zero-order valence-corrected chi connectivity index (χ0v) is 15.9. The van der Waals surface area contributed by atoms with E-state index in [0.29, 0.717) is 16.1 Å². The molecule has 1 amide bonds. The molecule has 0 spiro atoms. The zero-order chi connectivity index (χ0) is 19.4. The van der Waals surface area contributed by atoms with E-state index in [1.54, 1.807) is 6.07 Å². The predicted molar refractivity (Wildman–Crippen MR) is 101 cm³/mol. The number of carbonyl (C=O) groups excluding carboxylic acids is 1. The van der Waals surface area contributed by atoms with Crippen molar-refractivity contribution < 1.29 is 27.4 Å². The van der Waals surface area contributed by atoms with Gasteiger partial charge in [-0.05, 0) is 29.8 Å². The van der Waals surface area contributed by atoms with Crippen LogP contribution >= 0.6 is 23.5 Å². The summed E-state index contributed by atoms with van der Waals surface area (Å²) in [7, 11) is 1.50. The van der Waals surface area contributed by atoms with Gasteiger partial charge in [-0.15, -0.1) is 23.5 Å². The highest BCUT2D eigenvalue weighted by molar-refractivity contribution is 8.19. The quantitative estimate of drug-likeness (QED) is 0.699. The second-order valence-corrected chi connectivity index (χ2v) is 8.27. The van der Waals surface area contributed by atoms with E-state index in [0.717, 1.165) is 29.2 Å². The average molecular weight is 415 g/mol. The summed E-state index contributed by atoms with van der Waals surface area (Å²) in [4.78, 5) is 11.9. The van der Waals surface area contributed by atoms with Gasteiger partial charge in [-0.3, -0.25) is 4.79 Å². The number of ether oxygens (including phenoxy) is 2. The first-order valence-electron chi connectivity index (χ1n) is 7.97. The number of thioether (sulfide) groups is 2. The average Bonchev–Trinajstić information content (AvgIpc) is 3.21. The lowest BCUT2D eigenvalue weighted by Gasteiger charge is -2.14. The lowest BCUT2D eigenvalue weighted by atomic mass is 10.2. The van der Waals surface area contributed by atoms with Gasteiger partial charge in [0.25, 0.3) is 5.91 Å². The van der Waals surface area contributed by atoms with Gasteiger partial charge in [0.1, 0.15) is 0 Å². The van der Waals surface area contributed by atoms with Crippen LogP contribution in [-0.2, 0) is 4.79 Å². The van der Waals surface area contributed by atoms with Crippen molar-refractivity contribution >= 4 is 35.1 Å². The number of carbonyl (C=O) groups is 1. The Morgan fingerprint density at radius 3 is 2.56 bits per heavy atom.